The Hall–Kier alpha value is -3.92. The Bertz CT molecular complexity index is 1380. The van der Waals surface area contributed by atoms with Gasteiger partial charge in [-0.2, -0.15) is 0 Å². The molecule has 1 N–H and O–H groups in total. The number of para-hydroxylation sites is 1. The Kier molecular flexibility index (Phi) is 5.89. The number of carbonyl (C=O) groups is 1. The minimum Gasteiger partial charge on any atom is -0.368 e. The third-order valence-corrected chi connectivity index (χ3v) is 8.04. The van der Waals surface area contributed by atoms with Gasteiger partial charge in [0.1, 0.15) is 4.90 Å². The molecule has 0 unspecified atom stereocenters. The summed E-state index contributed by atoms with van der Waals surface area (Å²) in [5, 5.41) is 3.18. The third kappa shape index (κ3) is 4.21. The molecule has 9 nitrogen and oxygen atoms in total. The maximum Gasteiger partial charge on any atom is 0.268 e. The predicted octanol–water partition coefficient (Wildman–Crippen LogP) is 3.25. The summed E-state index contributed by atoms with van der Waals surface area (Å²) in [6.07, 6.45) is 2.91. The molecule has 0 saturated carbocycles. The summed E-state index contributed by atoms with van der Waals surface area (Å²) in [5.74, 6) is 0.423. The number of nitrogens with one attached hydrogen (secondary N) is 1. The number of anilines is 4. The van der Waals surface area contributed by atoms with E-state index in [0.29, 0.717) is 30.4 Å². The van der Waals surface area contributed by atoms with E-state index in [0.717, 1.165) is 30.0 Å². The normalized spacial score (nSPS) is 16.3. The molecule has 0 aliphatic carbocycles. The van der Waals surface area contributed by atoms with Crippen LogP contribution in [0.1, 0.15) is 6.92 Å². The zero-order valence-corrected chi connectivity index (χ0v) is 20.2. The number of hydrogen-bond donors (Lipinski definition) is 1. The highest BCUT2D eigenvalue weighted by molar-refractivity contribution is 7.93. The van der Waals surface area contributed by atoms with Crippen LogP contribution < -0.4 is 14.5 Å². The van der Waals surface area contributed by atoms with Crippen molar-refractivity contribution < 1.29 is 13.2 Å². The van der Waals surface area contributed by atoms with Crippen LogP contribution >= 0.6 is 0 Å². The molecular weight excluding hydrogens is 464 g/mol. The van der Waals surface area contributed by atoms with Gasteiger partial charge in [-0.3, -0.25) is 9.10 Å². The van der Waals surface area contributed by atoms with Crippen molar-refractivity contribution in [2.24, 2.45) is 0 Å². The number of sulfonamides is 1. The number of hydrogen-bond acceptors (Lipinski definition) is 7. The van der Waals surface area contributed by atoms with E-state index < -0.39 is 10.0 Å². The minimum absolute atomic E-state index is 0.0728. The van der Waals surface area contributed by atoms with Crippen LogP contribution in [0.2, 0.25) is 0 Å². The first-order valence-electron chi connectivity index (χ1n) is 11.4. The largest absolute Gasteiger partial charge is 0.368 e. The van der Waals surface area contributed by atoms with E-state index in [9.17, 15) is 13.2 Å². The smallest absolute Gasteiger partial charge is 0.268 e. The Morgan fingerprint density at radius 3 is 2.49 bits per heavy atom. The summed E-state index contributed by atoms with van der Waals surface area (Å²) in [6, 6.07) is 15.2. The second-order valence-electron chi connectivity index (χ2n) is 8.41. The Balaban J connectivity index is 1.38. The van der Waals surface area contributed by atoms with Crippen molar-refractivity contribution >= 4 is 38.9 Å². The van der Waals surface area contributed by atoms with Crippen LogP contribution in [-0.4, -0.2) is 61.9 Å². The summed E-state index contributed by atoms with van der Waals surface area (Å²) >= 11 is 0. The monoisotopic (exact) mass is 490 g/mol. The number of fused-ring (bicyclic) bond motifs is 3. The summed E-state index contributed by atoms with van der Waals surface area (Å²) in [5.41, 5.74) is 3.53. The molecule has 0 bridgehead atoms. The quantitative estimate of drug-likeness (QED) is 0.548. The van der Waals surface area contributed by atoms with Gasteiger partial charge in [-0.25, -0.2) is 18.4 Å². The third-order valence-electron chi connectivity index (χ3n) is 6.26. The average Bonchev–Trinajstić information content (AvgIpc) is 2.87. The van der Waals surface area contributed by atoms with E-state index in [1.165, 1.54) is 10.5 Å². The zero-order valence-electron chi connectivity index (χ0n) is 19.4. The molecule has 0 spiro atoms. The van der Waals surface area contributed by atoms with Crippen molar-refractivity contribution in [2.75, 3.05) is 47.2 Å². The molecule has 10 heteroatoms. The molecule has 3 heterocycles. The van der Waals surface area contributed by atoms with Gasteiger partial charge in [0.25, 0.3) is 10.0 Å². The predicted molar refractivity (Wildman–Crippen MR) is 136 cm³/mol. The molecule has 0 atom stereocenters. The van der Waals surface area contributed by atoms with E-state index in [1.807, 2.05) is 41.3 Å². The van der Waals surface area contributed by atoms with E-state index in [2.05, 4.69) is 26.8 Å². The van der Waals surface area contributed by atoms with E-state index in [4.69, 9.17) is 0 Å². The van der Waals surface area contributed by atoms with Crippen molar-refractivity contribution in [1.82, 2.24) is 14.9 Å². The number of benzene rings is 2. The molecule has 1 amide bonds. The maximum atomic E-state index is 13.2. The van der Waals surface area contributed by atoms with Crippen LogP contribution in [0.25, 0.3) is 11.3 Å². The van der Waals surface area contributed by atoms with Gasteiger partial charge in [-0.15, -0.1) is 6.58 Å². The fourth-order valence-electron chi connectivity index (χ4n) is 4.43. The number of nitrogens with zero attached hydrogens (tertiary/aromatic N) is 5. The molecular formula is C25H26N6O3S. The molecule has 0 radical (unpaired) electrons. The fraction of sp³-hybridized carbons (Fsp3) is 0.240. The summed E-state index contributed by atoms with van der Waals surface area (Å²) in [7, 11) is -3.80. The number of aromatic nitrogens is 2. The highest BCUT2D eigenvalue weighted by Gasteiger charge is 2.35. The fourth-order valence-corrected chi connectivity index (χ4v) is 5.97. The molecule has 35 heavy (non-hydrogen) atoms. The first kappa shape index (κ1) is 22.9. The highest BCUT2D eigenvalue weighted by atomic mass is 32.2. The van der Waals surface area contributed by atoms with E-state index in [1.54, 1.807) is 25.1 Å². The maximum absolute atomic E-state index is 13.2. The lowest BCUT2D eigenvalue weighted by atomic mass is 10.1. The molecule has 1 saturated heterocycles. The summed E-state index contributed by atoms with van der Waals surface area (Å²) < 4.78 is 27.8. The Morgan fingerprint density at radius 1 is 1.09 bits per heavy atom. The first-order chi connectivity index (χ1) is 16.9. The van der Waals surface area contributed by atoms with Gasteiger partial charge in [0, 0.05) is 50.0 Å². The number of piperazine rings is 1. The Labute approximate surface area is 204 Å². The lowest BCUT2D eigenvalue weighted by Gasteiger charge is -2.35. The topological polar surface area (TPSA) is 98.7 Å². The van der Waals surface area contributed by atoms with Gasteiger partial charge < -0.3 is 15.1 Å². The molecule has 180 valence electrons. The molecule has 1 fully saturated rings. The molecule has 1 aromatic heterocycles. The van der Waals surface area contributed by atoms with Crippen molar-refractivity contribution in [1.29, 1.82) is 0 Å². The summed E-state index contributed by atoms with van der Waals surface area (Å²) in [6.45, 7) is 8.46. The SMILES string of the molecule is C=CCN1c2ccccc2-c2nc(Nc3ccc(N4CCN(C(C)=O)CC4)cc3)ncc2S1(=O)=O. The lowest BCUT2D eigenvalue weighted by molar-refractivity contribution is -0.129. The molecule has 5 rings (SSSR count). The number of carbonyl (C=O) groups excluding carboxylic acids is 1. The highest BCUT2D eigenvalue weighted by Crippen LogP contribution is 2.41. The van der Waals surface area contributed by atoms with Gasteiger partial charge in [-0.1, -0.05) is 24.3 Å². The molecule has 2 aliphatic rings. The number of rotatable bonds is 5. The van der Waals surface area contributed by atoms with Crippen molar-refractivity contribution in [3.8, 4) is 11.3 Å². The molecule has 2 aromatic carbocycles. The van der Waals surface area contributed by atoms with Crippen LogP contribution in [0.5, 0.6) is 0 Å². The average molecular weight is 491 g/mol. The Morgan fingerprint density at radius 2 is 1.80 bits per heavy atom. The van der Waals surface area contributed by atoms with Gasteiger partial charge in [0.2, 0.25) is 11.9 Å². The van der Waals surface area contributed by atoms with Crippen molar-refractivity contribution in [3.63, 3.8) is 0 Å². The second kappa shape index (κ2) is 9.03. The van der Waals surface area contributed by atoms with Gasteiger partial charge in [0.05, 0.1) is 24.1 Å². The van der Waals surface area contributed by atoms with E-state index in [-0.39, 0.29) is 17.3 Å². The van der Waals surface area contributed by atoms with Crippen LogP contribution in [0.15, 0.2) is 72.3 Å². The van der Waals surface area contributed by atoms with Gasteiger partial charge in [0.15, 0.2) is 0 Å². The standard InChI is InChI=1S/C25H26N6O3S/c1-3-12-31-22-7-5-4-6-21(22)24-23(35(31,33)34)17-26-25(28-24)27-19-8-10-20(11-9-19)30-15-13-29(14-16-30)18(2)32/h3-11,17H,1,12-16H2,2H3,(H,26,27,28). The number of amides is 1. The van der Waals surface area contributed by atoms with Crippen molar-refractivity contribution in [3.05, 3.63) is 67.4 Å². The van der Waals surface area contributed by atoms with Crippen LogP contribution in [0.3, 0.4) is 0 Å². The molecule has 2 aliphatic heterocycles. The zero-order chi connectivity index (χ0) is 24.6. The minimum atomic E-state index is -3.80. The van der Waals surface area contributed by atoms with Crippen LogP contribution in [0.4, 0.5) is 23.0 Å². The lowest BCUT2D eigenvalue weighted by Crippen LogP contribution is -2.48. The molecule has 3 aromatic rings. The van der Waals surface area contributed by atoms with Crippen LogP contribution in [-0.2, 0) is 14.8 Å². The van der Waals surface area contributed by atoms with E-state index >= 15 is 0 Å². The summed E-state index contributed by atoms with van der Waals surface area (Å²) in [4.78, 5) is 24.6. The van der Waals surface area contributed by atoms with Crippen LogP contribution in [0, 0.1) is 0 Å². The van der Waals surface area contributed by atoms with Crippen molar-refractivity contribution in [2.45, 2.75) is 11.8 Å². The second-order valence-corrected chi connectivity index (χ2v) is 10.2. The van der Waals surface area contributed by atoms with Gasteiger partial charge in [-0.05, 0) is 30.3 Å². The first-order valence-corrected chi connectivity index (χ1v) is 12.8. The van der Waals surface area contributed by atoms with Gasteiger partial charge >= 0.3 is 0 Å².